The molecule has 210 valence electrons. The second kappa shape index (κ2) is 12.4. The standard InChI is InChI=1S/C34H34N2O5/c1-23-5-4-6-26(19-23)31-20-28(11-14-34(31)40-3)33(37)22-27-8-7-25(21-32(27)36(38)39)24-9-12-29(13-10-24)41-30-15-17-35(2)18-16-30/h4-14,19-21,30H,15-18,22H2,1-3H3. The normalized spacial score (nSPS) is 14.0. The van der Waals surface area contributed by atoms with E-state index in [4.69, 9.17) is 9.47 Å². The fourth-order valence-corrected chi connectivity index (χ4v) is 5.28. The zero-order chi connectivity index (χ0) is 28.9. The van der Waals surface area contributed by atoms with Gasteiger partial charge in [0.2, 0.25) is 0 Å². The number of Topliss-reactive ketones (excluding diaryl/α,β-unsaturated/α-hetero) is 1. The zero-order valence-corrected chi connectivity index (χ0v) is 23.6. The van der Waals surface area contributed by atoms with Gasteiger partial charge in [-0.15, -0.1) is 0 Å². The third-order valence-corrected chi connectivity index (χ3v) is 7.64. The lowest BCUT2D eigenvalue weighted by Crippen LogP contribution is -2.35. The van der Waals surface area contributed by atoms with E-state index in [1.807, 2.05) is 61.5 Å². The van der Waals surface area contributed by atoms with E-state index in [9.17, 15) is 14.9 Å². The van der Waals surface area contributed by atoms with Gasteiger partial charge in [0.1, 0.15) is 17.6 Å². The minimum Gasteiger partial charge on any atom is -0.496 e. The van der Waals surface area contributed by atoms with Gasteiger partial charge in [0, 0.05) is 42.3 Å². The number of hydrogen-bond donors (Lipinski definition) is 0. The Morgan fingerprint density at radius 2 is 1.66 bits per heavy atom. The number of piperidine rings is 1. The molecular weight excluding hydrogens is 516 g/mol. The summed E-state index contributed by atoms with van der Waals surface area (Å²) < 4.78 is 11.7. The molecule has 7 nitrogen and oxygen atoms in total. The Hall–Kier alpha value is -4.49. The van der Waals surface area contributed by atoms with Crippen LogP contribution in [0.25, 0.3) is 22.3 Å². The molecule has 0 aromatic heterocycles. The molecule has 1 saturated heterocycles. The highest BCUT2D eigenvalue weighted by molar-refractivity contribution is 5.99. The lowest BCUT2D eigenvalue weighted by atomic mass is 9.95. The Kier molecular flexibility index (Phi) is 8.45. The molecule has 5 rings (SSSR count). The molecule has 1 fully saturated rings. The van der Waals surface area contributed by atoms with Crippen molar-refractivity contribution in [2.45, 2.75) is 32.3 Å². The molecule has 0 amide bonds. The van der Waals surface area contributed by atoms with Crippen molar-refractivity contribution in [2.75, 3.05) is 27.2 Å². The molecule has 4 aromatic carbocycles. The van der Waals surface area contributed by atoms with Gasteiger partial charge in [-0.25, -0.2) is 0 Å². The number of carbonyl (C=O) groups excluding carboxylic acids is 1. The van der Waals surface area contributed by atoms with Gasteiger partial charge >= 0.3 is 0 Å². The zero-order valence-electron chi connectivity index (χ0n) is 23.6. The maximum atomic E-state index is 13.3. The van der Waals surface area contributed by atoms with Gasteiger partial charge in [-0.05, 0) is 73.8 Å². The summed E-state index contributed by atoms with van der Waals surface area (Å²) in [5.74, 6) is 1.25. The molecule has 1 aliphatic rings. The van der Waals surface area contributed by atoms with Crippen LogP contribution in [-0.2, 0) is 6.42 Å². The maximum absolute atomic E-state index is 13.3. The number of likely N-dealkylation sites (tertiary alicyclic amines) is 1. The maximum Gasteiger partial charge on any atom is 0.273 e. The minimum absolute atomic E-state index is 0.0741. The van der Waals surface area contributed by atoms with E-state index in [0.29, 0.717) is 22.4 Å². The van der Waals surface area contributed by atoms with Crippen molar-refractivity contribution in [2.24, 2.45) is 0 Å². The van der Waals surface area contributed by atoms with Crippen LogP contribution in [-0.4, -0.2) is 49.0 Å². The molecule has 0 N–H and O–H groups in total. The van der Waals surface area contributed by atoms with Crippen LogP contribution in [0, 0.1) is 17.0 Å². The summed E-state index contributed by atoms with van der Waals surface area (Å²) in [5, 5.41) is 12.0. The molecule has 0 spiro atoms. The van der Waals surface area contributed by atoms with Crippen molar-refractivity contribution in [3.8, 4) is 33.8 Å². The van der Waals surface area contributed by atoms with Crippen LogP contribution >= 0.6 is 0 Å². The summed E-state index contributed by atoms with van der Waals surface area (Å²) in [6, 6.07) is 25.9. The SMILES string of the molecule is COc1ccc(C(=O)Cc2ccc(-c3ccc(OC4CCN(C)CC4)cc3)cc2[N+](=O)[O-])cc1-c1cccc(C)c1. The third kappa shape index (κ3) is 6.64. The highest BCUT2D eigenvalue weighted by Crippen LogP contribution is 2.33. The van der Waals surface area contributed by atoms with Gasteiger partial charge in [-0.2, -0.15) is 0 Å². The quantitative estimate of drug-likeness (QED) is 0.125. The summed E-state index contributed by atoms with van der Waals surface area (Å²) in [6.45, 7) is 4.05. The number of ether oxygens (including phenoxy) is 2. The van der Waals surface area contributed by atoms with Crippen molar-refractivity contribution in [1.82, 2.24) is 4.90 Å². The van der Waals surface area contributed by atoms with Gasteiger partial charge < -0.3 is 14.4 Å². The van der Waals surface area contributed by atoms with E-state index in [2.05, 4.69) is 11.9 Å². The van der Waals surface area contributed by atoms with Crippen LogP contribution in [0.15, 0.2) is 84.9 Å². The topological polar surface area (TPSA) is 81.9 Å². The van der Waals surface area contributed by atoms with Crippen LogP contribution < -0.4 is 9.47 Å². The fourth-order valence-electron chi connectivity index (χ4n) is 5.28. The highest BCUT2D eigenvalue weighted by atomic mass is 16.6. The van der Waals surface area contributed by atoms with Gasteiger partial charge in [-0.3, -0.25) is 14.9 Å². The average Bonchev–Trinajstić information content (AvgIpc) is 2.98. The van der Waals surface area contributed by atoms with Gasteiger partial charge in [0.25, 0.3) is 5.69 Å². The van der Waals surface area contributed by atoms with Crippen molar-refractivity contribution in [1.29, 1.82) is 0 Å². The Morgan fingerprint density at radius 3 is 2.34 bits per heavy atom. The molecule has 41 heavy (non-hydrogen) atoms. The molecule has 0 radical (unpaired) electrons. The molecule has 1 aliphatic heterocycles. The molecule has 4 aromatic rings. The number of nitrogens with zero attached hydrogens (tertiary/aromatic N) is 2. The monoisotopic (exact) mass is 550 g/mol. The molecule has 0 aliphatic carbocycles. The minimum atomic E-state index is -0.421. The lowest BCUT2D eigenvalue weighted by Gasteiger charge is -2.29. The van der Waals surface area contributed by atoms with Crippen molar-refractivity contribution in [3.05, 3.63) is 112 Å². The Balaban J connectivity index is 1.34. The number of carbonyl (C=O) groups is 1. The number of aryl methyl sites for hydroxylation is 1. The second-order valence-corrected chi connectivity index (χ2v) is 10.6. The molecule has 7 heteroatoms. The van der Waals surface area contributed by atoms with Crippen molar-refractivity contribution >= 4 is 11.5 Å². The highest BCUT2D eigenvalue weighted by Gasteiger charge is 2.21. The first-order chi connectivity index (χ1) is 19.8. The van der Waals surface area contributed by atoms with Gasteiger partial charge in [0.15, 0.2) is 5.78 Å². The smallest absolute Gasteiger partial charge is 0.273 e. The summed E-state index contributed by atoms with van der Waals surface area (Å²) in [4.78, 5) is 27.2. The Bertz CT molecular complexity index is 1560. The first-order valence-corrected chi connectivity index (χ1v) is 13.8. The molecule has 0 bridgehead atoms. The first kappa shape index (κ1) is 28.1. The summed E-state index contributed by atoms with van der Waals surface area (Å²) in [7, 11) is 3.71. The van der Waals surface area contributed by atoms with Crippen molar-refractivity contribution in [3.63, 3.8) is 0 Å². The van der Waals surface area contributed by atoms with E-state index in [0.717, 1.165) is 53.9 Å². The predicted octanol–water partition coefficient (Wildman–Crippen LogP) is 7.14. The number of methoxy groups -OCH3 is 1. The summed E-state index contributed by atoms with van der Waals surface area (Å²) in [6.07, 6.45) is 2.11. The van der Waals surface area contributed by atoms with Crippen LogP contribution in [0.3, 0.4) is 0 Å². The molecule has 1 heterocycles. The van der Waals surface area contributed by atoms with Crippen LogP contribution in [0.1, 0.15) is 34.3 Å². The largest absolute Gasteiger partial charge is 0.496 e. The fraction of sp³-hybridized carbons (Fsp3) is 0.265. The van der Waals surface area contributed by atoms with Gasteiger partial charge in [0.05, 0.1) is 12.0 Å². The van der Waals surface area contributed by atoms with E-state index in [1.165, 1.54) is 0 Å². The van der Waals surface area contributed by atoms with E-state index in [-0.39, 0.29) is 24.0 Å². The molecule has 0 saturated carbocycles. The Labute approximate surface area is 240 Å². The molecule has 0 unspecified atom stereocenters. The van der Waals surface area contributed by atoms with Crippen molar-refractivity contribution < 1.29 is 19.2 Å². The number of rotatable bonds is 9. The molecular formula is C34H34N2O5. The number of nitro groups is 1. The van der Waals surface area contributed by atoms with Crippen LogP contribution in [0.2, 0.25) is 0 Å². The Morgan fingerprint density at radius 1 is 0.927 bits per heavy atom. The number of ketones is 1. The number of hydrogen-bond acceptors (Lipinski definition) is 6. The van der Waals surface area contributed by atoms with E-state index >= 15 is 0 Å². The first-order valence-electron chi connectivity index (χ1n) is 13.8. The predicted molar refractivity (Wildman–Crippen MR) is 161 cm³/mol. The third-order valence-electron chi connectivity index (χ3n) is 7.64. The molecule has 0 atom stereocenters. The van der Waals surface area contributed by atoms with E-state index in [1.54, 1.807) is 37.4 Å². The number of nitro benzene ring substituents is 1. The average molecular weight is 551 g/mol. The summed E-state index contributed by atoms with van der Waals surface area (Å²) >= 11 is 0. The number of benzene rings is 4. The van der Waals surface area contributed by atoms with Gasteiger partial charge in [-0.1, -0.05) is 54.1 Å². The summed E-state index contributed by atoms with van der Waals surface area (Å²) in [5.41, 5.74) is 5.17. The second-order valence-electron chi connectivity index (χ2n) is 10.6. The van der Waals surface area contributed by atoms with Crippen LogP contribution in [0.4, 0.5) is 5.69 Å². The van der Waals surface area contributed by atoms with Crippen LogP contribution in [0.5, 0.6) is 11.5 Å². The lowest BCUT2D eigenvalue weighted by molar-refractivity contribution is -0.385. The van der Waals surface area contributed by atoms with E-state index < -0.39 is 4.92 Å².